The zero-order valence-corrected chi connectivity index (χ0v) is 8.39. The summed E-state index contributed by atoms with van der Waals surface area (Å²) in [6, 6.07) is 0. The summed E-state index contributed by atoms with van der Waals surface area (Å²) in [5, 5.41) is 8.53. The molecular formula is C8H16O3S. The Hall–Kier alpha value is -0.380. The van der Waals surface area contributed by atoms with E-state index >= 15 is 0 Å². The third-order valence-electron chi connectivity index (χ3n) is 1.80. The van der Waals surface area contributed by atoms with Crippen LogP contribution in [0, 0.1) is 0 Å². The van der Waals surface area contributed by atoms with Crippen molar-refractivity contribution >= 4 is 16.8 Å². The zero-order chi connectivity index (χ0) is 9.56. The molecule has 0 amide bonds. The average molecular weight is 192 g/mol. The van der Waals surface area contributed by atoms with Crippen LogP contribution in [0.25, 0.3) is 0 Å². The molecule has 0 aromatic carbocycles. The Morgan fingerprint density at radius 3 is 2.25 bits per heavy atom. The molecule has 0 aromatic rings. The van der Waals surface area contributed by atoms with Gasteiger partial charge < -0.3 is 5.11 Å². The van der Waals surface area contributed by atoms with Crippen molar-refractivity contribution in [3.05, 3.63) is 0 Å². The fraction of sp³-hybridized carbons (Fsp3) is 0.875. The molecule has 0 aliphatic carbocycles. The van der Waals surface area contributed by atoms with Crippen LogP contribution in [-0.4, -0.2) is 26.3 Å². The molecule has 0 heterocycles. The predicted molar refractivity (Wildman–Crippen MR) is 49.6 cm³/mol. The van der Waals surface area contributed by atoms with Gasteiger partial charge in [-0.05, 0) is 12.8 Å². The van der Waals surface area contributed by atoms with Gasteiger partial charge in [-0.2, -0.15) is 0 Å². The molecule has 12 heavy (non-hydrogen) atoms. The van der Waals surface area contributed by atoms with E-state index in [1.807, 2.05) is 13.8 Å². The fourth-order valence-electron chi connectivity index (χ4n) is 1.02. The van der Waals surface area contributed by atoms with Gasteiger partial charge >= 0.3 is 5.97 Å². The molecule has 0 aromatic heterocycles. The molecule has 3 nitrogen and oxygen atoms in total. The van der Waals surface area contributed by atoms with E-state index in [1.165, 1.54) is 0 Å². The van der Waals surface area contributed by atoms with Crippen molar-refractivity contribution in [1.82, 2.24) is 0 Å². The Morgan fingerprint density at radius 1 is 1.42 bits per heavy atom. The topological polar surface area (TPSA) is 54.4 Å². The van der Waals surface area contributed by atoms with Crippen molar-refractivity contribution in [2.45, 2.75) is 38.4 Å². The van der Waals surface area contributed by atoms with E-state index in [4.69, 9.17) is 5.11 Å². The molecule has 4 heteroatoms. The van der Waals surface area contributed by atoms with Gasteiger partial charge in [-0.25, -0.2) is 0 Å². The number of aliphatic carboxylic acids is 1. The van der Waals surface area contributed by atoms with E-state index < -0.39 is 16.8 Å². The second-order valence-electron chi connectivity index (χ2n) is 2.67. The Balaban J connectivity index is 3.77. The molecule has 1 unspecified atom stereocenters. The van der Waals surface area contributed by atoms with Crippen LogP contribution in [0.4, 0.5) is 0 Å². The summed E-state index contributed by atoms with van der Waals surface area (Å²) in [5.41, 5.74) is 0. The van der Waals surface area contributed by atoms with Gasteiger partial charge in [0.1, 0.15) is 0 Å². The van der Waals surface area contributed by atoms with E-state index in [2.05, 4.69) is 0 Å². The zero-order valence-electron chi connectivity index (χ0n) is 7.58. The third kappa shape index (κ3) is 4.49. The monoisotopic (exact) mass is 192 g/mol. The maximum absolute atomic E-state index is 11.4. The molecule has 1 atom stereocenters. The quantitative estimate of drug-likeness (QED) is 0.692. The first-order chi connectivity index (χ1) is 5.61. The van der Waals surface area contributed by atoms with E-state index in [0.717, 1.165) is 12.8 Å². The maximum atomic E-state index is 11.4. The molecule has 0 aliphatic rings. The van der Waals surface area contributed by atoms with Crippen molar-refractivity contribution in [3.63, 3.8) is 0 Å². The van der Waals surface area contributed by atoms with Gasteiger partial charge in [0.25, 0.3) is 0 Å². The lowest BCUT2D eigenvalue weighted by Gasteiger charge is -2.10. The number of rotatable bonds is 6. The van der Waals surface area contributed by atoms with Gasteiger partial charge in [-0.15, -0.1) is 0 Å². The number of hydrogen-bond acceptors (Lipinski definition) is 2. The van der Waals surface area contributed by atoms with Gasteiger partial charge in [-0.3, -0.25) is 9.00 Å². The lowest BCUT2D eigenvalue weighted by atomic mass is 10.3. The molecule has 1 N–H and O–H groups in total. The summed E-state index contributed by atoms with van der Waals surface area (Å²) in [6.07, 6.45) is 1.74. The highest BCUT2D eigenvalue weighted by molar-refractivity contribution is 7.85. The lowest BCUT2D eigenvalue weighted by Crippen LogP contribution is -2.17. The van der Waals surface area contributed by atoms with Crippen molar-refractivity contribution in [2.75, 3.05) is 5.75 Å². The standard InChI is InChI=1S/C8H16O3S/c1-3-7(4-2)12(11)6-5-8(9)10/h7H,3-6H2,1-2H3,(H,9,10). The Kier molecular flexibility index (Phi) is 5.98. The Morgan fingerprint density at radius 2 is 1.92 bits per heavy atom. The Labute approximate surface area is 75.6 Å². The van der Waals surface area contributed by atoms with Gasteiger partial charge in [0.2, 0.25) is 0 Å². The summed E-state index contributed by atoms with van der Waals surface area (Å²) in [5.74, 6) is -0.573. The van der Waals surface area contributed by atoms with Crippen molar-refractivity contribution in [1.29, 1.82) is 0 Å². The molecule has 0 aliphatic heterocycles. The summed E-state index contributed by atoms with van der Waals surface area (Å²) < 4.78 is 11.4. The lowest BCUT2D eigenvalue weighted by molar-refractivity contribution is -0.136. The number of carbonyl (C=O) groups is 1. The average Bonchev–Trinajstić information content (AvgIpc) is 2.03. The van der Waals surface area contributed by atoms with Gasteiger partial charge in [0.05, 0.1) is 6.42 Å². The largest absolute Gasteiger partial charge is 0.481 e. The number of carboxylic acids is 1. The molecule has 0 saturated carbocycles. The van der Waals surface area contributed by atoms with Crippen LogP contribution < -0.4 is 0 Å². The molecule has 0 saturated heterocycles. The second-order valence-corrected chi connectivity index (χ2v) is 4.50. The number of carboxylic acid groups (broad SMARTS) is 1. The van der Waals surface area contributed by atoms with Crippen LogP contribution in [0.2, 0.25) is 0 Å². The molecule has 72 valence electrons. The third-order valence-corrected chi connectivity index (χ3v) is 3.82. The normalized spacial score (nSPS) is 13.2. The molecular weight excluding hydrogens is 176 g/mol. The van der Waals surface area contributed by atoms with Crippen LogP contribution in [0.1, 0.15) is 33.1 Å². The predicted octanol–water partition coefficient (Wildman–Crippen LogP) is 1.40. The smallest absolute Gasteiger partial charge is 0.304 e. The SMILES string of the molecule is CCC(CC)S(=O)CCC(=O)O. The fourth-order valence-corrected chi connectivity index (χ4v) is 2.47. The molecule has 0 radical (unpaired) electrons. The van der Waals surface area contributed by atoms with Crippen LogP contribution in [0.5, 0.6) is 0 Å². The van der Waals surface area contributed by atoms with E-state index in [0.29, 0.717) is 5.75 Å². The van der Waals surface area contributed by atoms with Crippen LogP contribution in [-0.2, 0) is 15.6 Å². The highest BCUT2D eigenvalue weighted by Gasteiger charge is 2.12. The summed E-state index contributed by atoms with van der Waals surface area (Å²) in [6.45, 7) is 3.96. The van der Waals surface area contributed by atoms with Crippen LogP contribution in [0.3, 0.4) is 0 Å². The summed E-state index contributed by atoms with van der Waals surface area (Å²) in [4.78, 5) is 10.2. The van der Waals surface area contributed by atoms with Crippen molar-refractivity contribution in [2.24, 2.45) is 0 Å². The van der Waals surface area contributed by atoms with Crippen molar-refractivity contribution < 1.29 is 14.1 Å². The first-order valence-electron chi connectivity index (χ1n) is 4.20. The highest BCUT2D eigenvalue weighted by atomic mass is 32.2. The van der Waals surface area contributed by atoms with Crippen LogP contribution >= 0.6 is 0 Å². The molecule has 0 spiro atoms. The van der Waals surface area contributed by atoms with Gasteiger partial charge in [0, 0.05) is 21.8 Å². The van der Waals surface area contributed by atoms with E-state index in [1.54, 1.807) is 0 Å². The van der Waals surface area contributed by atoms with E-state index in [9.17, 15) is 9.00 Å². The highest BCUT2D eigenvalue weighted by Crippen LogP contribution is 2.07. The Bertz CT molecular complexity index is 164. The van der Waals surface area contributed by atoms with Crippen LogP contribution in [0.15, 0.2) is 0 Å². The maximum Gasteiger partial charge on any atom is 0.304 e. The minimum Gasteiger partial charge on any atom is -0.481 e. The molecule has 0 fully saturated rings. The van der Waals surface area contributed by atoms with Gasteiger partial charge in [0.15, 0.2) is 0 Å². The van der Waals surface area contributed by atoms with E-state index in [-0.39, 0.29) is 11.7 Å². The first-order valence-corrected chi connectivity index (χ1v) is 5.59. The minimum atomic E-state index is -0.959. The second kappa shape index (κ2) is 6.17. The first kappa shape index (κ1) is 11.6. The van der Waals surface area contributed by atoms with Crippen molar-refractivity contribution in [3.8, 4) is 0 Å². The number of hydrogen-bond donors (Lipinski definition) is 1. The summed E-state index contributed by atoms with van der Waals surface area (Å²) >= 11 is 0. The minimum absolute atomic E-state index is 0.0170. The molecule has 0 bridgehead atoms. The molecule has 0 rings (SSSR count). The summed E-state index contributed by atoms with van der Waals surface area (Å²) in [7, 11) is -0.959. The van der Waals surface area contributed by atoms with Gasteiger partial charge in [-0.1, -0.05) is 13.8 Å².